The topological polar surface area (TPSA) is 88.9 Å². The zero-order valence-corrected chi connectivity index (χ0v) is 19.3. The van der Waals surface area contributed by atoms with E-state index in [-0.39, 0.29) is 18.9 Å². The number of fused-ring (bicyclic) bond motifs is 1. The molecule has 0 aliphatic carbocycles. The summed E-state index contributed by atoms with van der Waals surface area (Å²) in [5.41, 5.74) is 2.13. The van der Waals surface area contributed by atoms with Crippen molar-refractivity contribution in [3.05, 3.63) is 70.3 Å². The monoisotopic (exact) mass is 458 g/mol. The Morgan fingerprint density at radius 1 is 1.06 bits per heavy atom. The molecule has 2 aliphatic heterocycles. The van der Waals surface area contributed by atoms with Gasteiger partial charge in [-0.3, -0.25) is 14.5 Å². The van der Waals surface area contributed by atoms with Crippen LogP contribution in [0.25, 0.3) is 6.08 Å². The second-order valence-electron chi connectivity index (χ2n) is 8.18. The first-order valence-electron chi connectivity index (χ1n) is 11.3. The van der Waals surface area contributed by atoms with E-state index in [4.69, 9.17) is 14.2 Å². The van der Waals surface area contributed by atoms with Crippen LogP contribution in [-0.4, -0.2) is 30.1 Å². The Balaban J connectivity index is 1.57. The number of carbonyl (C=O) groups is 2. The summed E-state index contributed by atoms with van der Waals surface area (Å²) in [4.78, 5) is 27.4. The number of imide groups is 1. The van der Waals surface area contributed by atoms with Gasteiger partial charge in [0.25, 0.3) is 11.8 Å². The first kappa shape index (κ1) is 23.1. The Labute approximate surface area is 198 Å². The van der Waals surface area contributed by atoms with Crippen LogP contribution in [0, 0.1) is 11.3 Å². The lowest BCUT2D eigenvalue weighted by Crippen LogP contribution is -2.42. The van der Waals surface area contributed by atoms with Crippen LogP contribution >= 0.6 is 0 Å². The fraction of sp³-hybridized carbons (Fsp3) is 0.296. The average Bonchev–Trinajstić information content (AvgIpc) is 3.31. The molecule has 0 saturated carbocycles. The van der Waals surface area contributed by atoms with Gasteiger partial charge >= 0.3 is 0 Å². The maximum atomic E-state index is 13.3. The largest absolute Gasteiger partial charge is 0.494 e. The molecule has 0 saturated heterocycles. The van der Waals surface area contributed by atoms with Crippen molar-refractivity contribution >= 4 is 17.9 Å². The van der Waals surface area contributed by atoms with Gasteiger partial charge in [0.2, 0.25) is 6.79 Å². The van der Waals surface area contributed by atoms with E-state index in [9.17, 15) is 14.9 Å². The van der Waals surface area contributed by atoms with E-state index in [1.165, 1.54) is 0 Å². The molecular formula is C27H26N2O5. The predicted octanol–water partition coefficient (Wildman–Crippen LogP) is 4.78. The molecule has 7 nitrogen and oxygen atoms in total. The molecule has 0 fully saturated rings. The van der Waals surface area contributed by atoms with E-state index < -0.39 is 11.8 Å². The van der Waals surface area contributed by atoms with Crippen molar-refractivity contribution in [1.29, 1.82) is 5.26 Å². The highest BCUT2D eigenvalue weighted by molar-refractivity contribution is 6.19. The molecule has 0 unspecified atom stereocenters. The van der Waals surface area contributed by atoms with Crippen molar-refractivity contribution in [1.82, 2.24) is 4.90 Å². The third-order valence-corrected chi connectivity index (χ3v) is 5.81. The highest BCUT2D eigenvalue weighted by Gasteiger charge is 2.35. The molecule has 174 valence electrons. The second-order valence-corrected chi connectivity index (χ2v) is 8.18. The number of ether oxygens (including phenoxy) is 3. The van der Waals surface area contributed by atoms with E-state index in [0.29, 0.717) is 34.8 Å². The SMILES string of the molecule is CCCCCOc1ccc(/C=C2/C(=O)N(Cc3ccc4c(c3)OCO4)C(=O)C(C#N)=C2C)cc1. The lowest BCUT2D eigenvalue weighted by Gasteiger charge is -2.27. The Morgan fingerprint density at radius 2 is 1.82 bits per heavy atom. The van der Waals surface area contributed by atoms with Gasteiger partial charge in [-0.2, -0.15) is 5.26 Å². The number of hydrogen-bond donors (Lipinski definition) is 0. The van der Waals surface area contributed by atoms with Crippen LogP contribution in [0.5, 0.6) is 17.2 Å². The van der Waals surface area contributed by atoms with Crippen molar-refractivity contribution in [3.8, 4) is 23.3 Å². The molecule has 0 radical (unpaired) electrons. The summed E-state index contributed by atoms with van der Waals surface area (Å²) in [6, 6.07) is 14.6. The normalized spacial score (nSPS) is 16.3. The number of benzene rings is 2. The standard InChI is InChI=1S/C27H26N2O5/c1-3-4-5-12-32-21-9-6-19(7-10-21)13-22-18(2)23(15-28)27(31)29(26(22)30)16-20-8-11-24-25(14-20)34-17-33-24/h6-11,13-14H,3-5,12,16-17H2,1-2H3/b22-13+. The minimum absolute atomic E-state index is 0.0225. The number of unbranched alkanes of at least 4 members (excludes halogenated alkanes) is 2. The van der Waals surface area contributed by atoms with Crippen molar-refractivity contribution in [3.63, 3.8) is 0 Å². The van der Waals surface area contributed by atoms with Gasteiger partial charge in [0.15, 0.2) is 11.5 Å². The number of rotatable bonds is 8. The van der Waals surface area contributed by atoms with Gasteiger partial charge in [0, 0.05) is 5.57 Å². The van der Waals surface area contributed by atoms with Crippen molar-refractivity contribution < 1.29 is 23.8 Å². The van der Waals surface area contributed by atoms with Crippen LogP contribution in [0.3, 0.4) is 0 Å². The Kier molecular flexibility index (Phi) is 6.98. The molecule has 0 N–H and O–H groups in total. The van der Waals surface area contributed by atoms with Crippen LogP contribution in [0.15, 0.2) is 59.2 Å². The molecule has 0 aromatic heterocycles. The molecule has 7 heteroatoms. The predicted molar refractivity (Wildman–Crippen MR) is 126 cm³/mol. The third-order valence-electron chi connectivity index (χ3n) is 5.81. The summed E-state index contributed by atoms with van der Waals surface area (Å²) in [5, 5.41) is 9.62. The van der Waals surface area contributed by atoms with Gasteiger partial charge in [-0.25, -0.2) is 0 Å². The number of carbonyl (C=O) groups excluding carboxylic acids is 2. The van der Waals surface area contributed by atoms with Crippen molar-refractivity contribution in [2.45, 2.75) is 39.7 Å². The highest BCUT2D eigenvalue weighted by atomic mass is 16.7. The minimum atomic E-state index is -0.601. The van der Waals surface area contributed by atoms with Crippen LogP contribution in [0.2, 0.25) is 0 Å². The zero-order valence-electron chi connectivity index (χ0n) is 19.3. The maximum Gasteiger partial charge on any atom is 0.271 e. The molecule has 2 aliphatic rings. The molecule has 4 rings (SSSR count). The quantitative estimate of drug-likeness (QED) is 0.321. The Hall–Kier alpha value is -4.05. The molecule has 2 aromatic rings. The molecule has 0 bridgehead atoms. The molecular weight excluding hydrogens is 432 g/mol. The van der Waals surface area contributed by atoms with Crippen molar-refractivity contribution in [2.24, 2.45) is 0 Å². The number of amides is 2. The van der Waals surface area contributed by atoms with E-state index >= 15 is 0 Å². The fourth-order valence-corrected chi connectivity index (χ4v) is 3.86. The molecule has 34 heavy (non-hydrogen) atoms. The molecule has 2 aromatic carbocycles. The van der Waals surface area contributed by atoms with E-state index in [2.05, 4.69) is 6.92 Å². The van der Waals surface area contributed by atoms with Gasteiger partial charge in [0.05, 0.1) is 13.2 Å². The molecule has 2 heterocycles. The van der Waals surface area contributed by atoms with E-state index in [0.717, 1.165) is 35.5 Å². The van der Waals surface area contributed by atoms with Gasteiger partial charge in [0.1, 0.15) is 17.4 Å². The summed E-state index contributed by atoms with van der Waals surface area (Å²) in [7, 11) is 0. The first-order chi connectivity index (χ1) is 16.5. The van der Waals surface area contributed by atoms with Crippen LogP contribution in [0.1, 0.15) is 44.2 Å². The van der Waals surface area contributed by atoms with E-state index in [1.54, 1.807) is 31.2 Å². The maximum absolute atomic E-state index is 13.3. The fourth-order valence-electron chi connectivity index (χ4n) is 3.86. The lowest BCUT2D eigenvalue weighted by molar-refractivity contribution is -0.141. The molecule has 0 spiro atoms. The van der Waals surface area contributed by atoms with Gasteiger partial charge in [-0.05, 0) is 60.4 Å². The van der Waals surface area contributed by atoms with Crippen LogP contribution in [0.4, 0.5) is 0 Å². The lowest BCUT2D eigenvalue weighted by atomic mass is 9.93. The van der Waals surface area contributed by atoms with Gasteiger partial charge in [-0.15, -0.1) is 0 Å². The molecule has 2 amide bonds. The smallest absolute Gasteiger partial charge is 0.271 e. The summed E-state index contributed by atoms with van der Waals surface area (Å²) in [6.07, 6.45) is 4.97. The summed E-state index contributed by atoms with van der Waals surface area (Å²) >= 11 is 0. The Morgan fingerprint density at radius 3 is 2.56 bits per heavy atom. The second kappa shape index (κ2) is 10.3. The highest BCUT2D eigenvalue weighted by Crippen LogP contribution is 2.34. The number of nitrogens with zero attached hydrogens (tertiary/aromatic N) is 2. The van der Waals surface area contributed by atoms with Crippen molar-refractivity contribution in [2.75, 3.05) is 13.4 Å². The van der Waals surface area contributed by atoms with Crippen LogP contribution < -0.4 is 14.2 Å². The molecule has 0 atom stereocenters. The number of nitriles is 1. The van der Waals surface area contributed by atoms with Gasteiger partial charge in [-0.1, -0.05) is 38.0 Å². The minimum Gasteiger partial charge on any atom is -0.494 e. The Bertz CT molecular complexity index is 1200. The van der Waals surface area contributed by atoms with Gasteiger partial charge < -0.3 is 14.2 Å². The average molecular weight is 459 g/mol. The van der Waals surface area contributed by atoms with E-state index in [1.807, 2.05) is 30.3 Å². The van der Waals surface area contributed by atoms with Crippen LogP contribution in [-0.2, 0) is 16.1 Å². The first-order valence-corrected chi connectivity index (χ1v) is 11.3. The zero-order chi connectivity index (χ0) is 24.1. The third kappa shape index (κ3) is 4.81. The summed E-state index contributed by atoms with van der Waals surface area (Å²) in [6.45, 7) is 4.60. The number of hydrogen-bond acceptors (Lipinski definition) is 6. The summed E-state index contributed by atoms with van der Waals surface area (Å²) < 4.78 is 16.5. The summed E-state index contributed by atoms with van der Waals surface area (Å²) in [5.74, 6) is 0.897.